The predicted molar refractivity (Wildman–Crippen MR) is 121 cm³/mol. The Morgan fingerprint density at radius 2 is 1.79 bits per heavy atom. The van der Waals surface area contributed by atoms with Crippen LogP contribution in [0.2, 0.25) is 5.02 Å². The van der Waals surface area contributed by atoms with Gasteiger partial charge >= 0.3 is 6.09 Å². The molecule has 0 saturated carbocycles. The molecule has 0 radical (unpaired) electrons. The number of benzene rings is 1. The second-order valence-electron chi connectivity index (χ2n) is 8.44. The Morgan fingerprint density at radius 1 is 1.15 bits per heavy atom. The van der Waals surface area contributed by atoms with Gasteiger partial charge in [0.25, 0.3) is 0 Å². The van der Waals surface area contributed by atoms with E-state index in [-0.39, 0.29) is 32.0 Å². The summed E-state index contributed by atoms with van der Waals surface area (Å²) in [4.78, 5) is 53.2. The molecule has 1 aliphatic heterocycles. The van der Waals surface area contributed by atoms with Crippen molar-refractivity contribution in [3.8, 4) is 0 Å². The smallest absolute Gasteiger partial charge is 0.407 e. The zero-order chi connectivity index (χ0) is 24.7. The van der Waals surface area contributed by atoms with E-state index in [9.17, 15) is 29.5 Å². The molecule has 4 amide bonds. The third kappa shape index (κ3) is 6.58. The minimum absolute atomic E-state index is 0.00777. The predicted octanol–water partition coefficient (Wildman–Crippen LogP) is 1.92. The van der Waals surface area contributed by atoms with Crippen LogP contribution in [0.3, 0.4) is 0 Å². The number of rotatable bonds is 8. The summed E-state index contributed by atoms with van der Waals surface area (Å²) < 4.78 is 0. The van der Waals surface area contributed by atoms with E-state index >= 15 is 0 Å². The van der Waals surface area contributed by atoms with Gasteiger partial charge in [0.15, 0.2) is 0 Å². The molecule has 1 unspecified atom stereocenters. The number of hydrogen-bond donors (Lipinski definition) is 4. The topological polar surface area (TPSA) is 139 Å². The highest BCUT2D eigenvalue weighted by molar-refractivity contribution is 6.30. The molecule has 2 rings (SSSR count). The van der Waals surface area contributed by atoms with Crippen molar-refractivity contribution in [2.75, 3.05) is 26.2 Å². The van der Waals surface area contributed by atoms with Gasteiger partial charge in [0.2, 0.25) is 17.7 Å². The maximum Gasteiger partial charge on any atom is 0.407 e. The van der Waals surface area contributed by atoms with Crippen molar-refractivity contribution in [1.29, 1.82) is 0 Å². The molecule has 1 aliphatic rings. The quantitative estimate of drug-likeness (QED) is 0.329. The standard InChI is InChI=1S/C22H31ClN4O6/c1-4-16(19(28)25-33)18(14-5-7-15(23)8-6-14)21(30)27-10-9-26(22(31)32)12-17(27)20(29)24-11-13(2)3/h5-8,13,16-18,33H,4,9-12H2,1-3H3,(H,24,29)(H,25,28)(H,31,32)/t16-,17?,18+/m0/s1. The monoisotopic (exact) mass is 482 g/mol. The molecule has 33 heavy (non-hydrogen) atoms. The normalized spacial score (nSPS) is 17.9. The SMILES string of the molecule is CC[C@H](C(=O)NO)[C@H](C(=O)N1CCN(C(=O)O)CC1C(=O)NCC(C)C)c1ccc(Cl)cc1. The molecule has 1 heterocycles. The number of nitrogens with one attached hydrogen (secondary N) is 2. The van der Waals surface area contributed by atoms with E-state index < -0.39 is 41.7 Å². The molecular weight excluding hydrogens is 452 g/mol. The Hall–Kier alpha value is -2.85. The third-order valence-corrected chi connectivity index (χ3v) is 5.96. The van der Waals surface area contributed by atoms with E-state index in [1.165, 1.54) is 4.90 Å². The summed E-state index contributed by atoms with van der Waals surface area (Å²) in [6.07, 6.45) is -0.936. The molecule has 0 aliphatic carbocycles. The number of carbonyl (C=O) groups excluding carboxylic acids is 3. The number of amides is 4. The lowest BCUT2D eigenvalue weighted by atomic mass is 9.82. The van der Waals surface area contributed by atoms with E-state index in [0.29, 0.717) is 17.1 Å². The lowest BCUT2D eigenvalue weighted by Crippen LogP contribution is -2.62. The number of carboxylic acid groups (broad SMARTS) is 1. The molecule has 10 nitrogen and oxygen atoms in total. The van der Waals surface area contributed by atoms with Gasteiger partial charge in [-0.2, -0.15) is 0 Å². The number of hydroxylamine groups is 1. The molecule has 0 aromatic heterocycles. The summed E-state index contributed by atoms with van der Waals surface area (Å²) in [5.74, 6) is -3.44. The molecule has 1 aromatic carbocycles. The van der Waals surface area contributed by atoms with Crippen LogP contribution in [-0.4, -0.2) is 76.1 Å². The van der Waals surface area contributed by atoms with Crippen molar-refractivity contribution in [2.45, 2.75) is 39.2 Å². The summed E-state index contributed by atoms with van der Waals surface area (Å²) in [6, 6.07) is 5.39. The lowest BCUT2D eigenvalue weighted by molar-refractivity contribution is -0.148. The first-order valence-corrected chi connectivity index (χ1v) is 11.2. The summed E-state index contributed by atoms with van der Waals surface area (Å²) >= 11 is 5.99. The third-order valence-electron chi connectivity index (χ3n) is 5.71. The Labute approximate surface area is 197 Å². The van der Waals surface area contributed by atoms with Gasteiger partial charge in [-0.1, -0.05) is 44.5 Å². The summed E-state index contributed by atoms with van der Waals surface area (Å²) in [5, 5.41) is 21.9. The van der Waals surface area contributed by atoms with Crippen molar-refractivity contribution in [3.05, 3.63) is 34.9 Å². The lowest BCUT2D eigenvalue weighted by Gasteiger charge is -2.41. The van der Waals surface area contributed by atoms with Gasteiger partial charge in [-0.3, -0.25) is 19.6 Å². The number of piperazine rings is 1. The van der Waals surface area contributed by atoms with E-state index in [1.54, 1.807) is 36.7 Å². The van der Waals surface area contributed by atoms with Crippen LogP contribution in [-0.2, 0) is 14.4 Å². The fraction of sp³-hybridized carbons (Fsp3) is 0.545. The number of halogens is 1. The van der Waals surface area contributed by atoms with E-state index in [0.717, 1.165) is 4.90 Å². The van der Waals surface area contributed by atoms with Gasteiger partial charge < -0.3 is 20.2 Å². The van der Waals surface area contributed by atoms with E-state index in [4.69, 9.17) is 11.6 Å². The second-order valence-corrected chi connectivity index (χ2v) is 8.87. The van der Waals surface area contributed by atoms with Gasteiger partial charge in [0.1, 0.15) is 6.04 Å². The summed E-state index contributed by atoms with van der Waals surface area (Å²) in [7, 11) is 0. The Bertz CT molecular complexity index is 863. The molecule has 0 bridgehead atoms. The van der Waals surface area contributed by atoms with Crippen molar-refractivity contribution in [3.63, 3.8) is 0 Å². The van der Waals surface area contributed by atoms with Crippen LogP contribution in [0.1, 0.15) is 38.7 Å². The van der Waals surface area contributed by atoms with Crippen molar-refractivity contribution in [2.24, 2.45) is 11.8 Å². The Kier molecular flexibility index (Phi) is 9.48. The van der Waals surface area contributed by atoms with Crippen LogP contribution >= 0.6 is 11.6 Å². The largest absolute Gasteiger partial charge is 0.465 e. The van der Waals surface area contributed by atoms with Crippen LogP contribution < -0.4 is 10.8 Å². The molecule has 1 saturated heterocycles. The van der Waals surface area contributed by atoms with Crippen molar-refractivity contribution in [1.82, 2.24) is 20.6 Å². The Balaban J connectivity index is 2.45. The molecule has 11 heteroatoms. The minimum atomic E-state index is -1.18. The van der Waals surface area contributed by atoms with Crippen LogP contribution in [0.15, 0.2) is 24.3 Å². The second kappa shape index (κ2) is 11.9. The molecule has 0 spiro atoms. The first-order valence-electron chi connectivity index (χ1n) is 10.9. The van der Waals surface area contributed by atoms with Crippen molar-refractivity contribution < 1.29 is 29.5 Å². The van der Waals surface area contributed by atoms with Gasteiger partial charge in [-0.15, -0.1) is 0 Å². The van der Waals surface area contributed by atoms with E-state index in [1.807, 2.05) is 13.8 Å². The maximum atomic E-state index is 13.8. The Morgan fingerprint density at radius 3 is 2.30 bits per heavy atom. The average Bonchev–Trinajstić information content (AvgIpc) is 2.80. The highest BCUT2D eigenvalue weighted by Crippen LogP contribution is 2.32. The summed E-state index contributed by atoms with van der Waals surface area (Å²) in [5.41, 5.74) is 2.12. The fourth-order valence-corrected chi connectivity index (χ4v) is 4.04. The summed E-state index contributed by atoms with van der Waals surface area (Å²) in [6.45, 7) is 5.77. The van der Waals surface area contributed by atoms with Crippen molar-refractivity contribution >= 4 is 35.4 Å². The molecule has 182 valence electrons. The molecule has 3 atom stereocenters. The molecular formula is C22H31ClN4O6. The van der Waals surface area contributed by atoms with Crippen LogP contribution in [0, 0.1) is 11.8 Å². The zero-order valence-electron chi connectivity index (χ0n) is 19.0. The zero-order valence-corrected chi connectivity index (χ0v) is 19.7. The van der Waals surface area contributed by atoms with Gasteiger partial charge in [0.05, 0.1) is 18.4 Å². The molecule has 1 fully saturated rings. The molecule has 4 N–H and O–H groups in total. The van der Waals surface area contributed by atoms with Crippen LogP contribution in [0.4, 0.5) is 4.79 Å². The maximum absolute atomic E-state index is 13.8. The van der Waals surface area contributed by atoms with Gasteiger partial charge in [-0.05, 0) is 30.0 Å². The fourth-order valence-electron chi connectivity index (χ4n) is 3.92. The molecule has 1 aromatic rings. The first kappa shape index (κ1) is 26.4. The minimum Gasteiger partial charge on any atom is -0.465 e. The highest BCUT2D eigenvalue weighted by Gasteiger charge is 2.43. The number of nitrogens with zero attached hydrogens (tertiary/aromatic N) is 2. The number of hydrogen-bond acceptors (Lipinski definition) is 5. The first-order chi connectivity index (χ1) is 15.6. The van der Waals surface area contributed by atoms with E-state index in [2.05, 4.69) is 5.32 Å². The average molecular weight is 483 g/mol. The number of carbonyl (C=O) groups is 4. The van der Waals surface area contributed by atoms with Crippen LogP contribution in [0.5, 0.6) is 0 Å². The van der Waals surface area contributed by atoms with Crippen LogP contribution in [0.25, 0.3) is 0 Å². The van der Waals surface area contributed by atoms with Gasteiger partial charge in [-0.25, -0.2) is 10.3 Å². The van der Waals surface area contributed by atoms with Gasteiger partial charge in [0, 0.05) is 24.7 Å². The highest BCUT2D eigenvalue weighted by atomic mass is 35.5.